The molecule has 3 aromatic heterocycles. The second-order valence-electron chi connectivity index (χ2n) is 15.1. The van der Waals surface area contributed by atoms with E-state index in [1.807, 2.05) is 44.4 Å². The Morgan fingerprint density at radius 2 is 1.73 bits per heavy atom. The van der Waals surface area contributed by atoms with Gasteiger partial charge in [0.1, 0.15) is 18.1 Å². The van der Waals surface area contributed by atoms with Gasteiger partial charge in [-0.3, -0.25) is 24.1 Å². The zero-order valence-corrected chi connectivity index (χ0v) is 34.8. The first-order valence-corrected chi connectivity index (χ1v) is 20.8. The van der Waals surface area contributed by atoms with E-state index in [2.05, 4.69) is 56.0 Å². The highest BCUT2D eigenvalue weighted by Gasteiger charge is 2.28. The van der Waals surface area contributed by atoms with Crippen LogP contribution in [0.15, 0.2) is 90.0 Å². The summed E-state index contributed by atoms with van der Waals surface area (Å²) >= 11 is 6.73. The number of carbonyl (C=O) groups excluding carboxylic acids is 4. The summed E-state index contributed by atoms with van der Waals surface area (Å²) in [6, 6.07) is 21.4. The third kappa shape index (κ3) is 10.1. The van der Waals surface area contributed by atoms with Crippen molar-refractivity contribution in [3.05, 3.63) is 107 Å². The molecule has 14 heteroatoms. The number of H-pyrrole nitrogens is 1. The average molecular weight is 832 g/mol. The number of rotatable bonds is 18. The van der Waals surface area contributed by atoms with E-state index < -0.39 is 0 Å². The van der Waals surface area contributed by atoms with Crippen LogP contribution in [0, 0.1) is 6.92 Å². The predicted molar refractivity (Wildman–Crippen MR) is 233 cm³/mol. The van der Waals surface area contributed by atoms with Gasteiger partial charge in [0.05, 0.1) is 16.1 Å². The molecule has 1 aliphatic rings. The predicted octanol–water partition coefficient (Wildman–Crippen LogP) is 8.25. The molecule has 3 N–H and O–H groups in total. The molecule has 7 rings (SSSR count). The van der Waals surface area contributed by atoms with Crippen LogP contribution in [0.4, 0.5) is 5.88 Å². The molecular weight excluding hydrogens is 782 g/mol. The number of nitrogens with zero attached hydrogens (tertiary/aromatic N) is 4. The van der Waals surface area contributed by atoms with Crippen molar-refractivity contribution in [3.63, 3.8) is 0 Å². The number of anilines is 1. The maximum absolute atomic E-state index is 13.1. The van der Waals surface area contributed by atoms with Gasteiger partial charge in [0.2, 0.25) is 23.6 Å². The second-order valence-corrected chi connectivity index (χ2v) is 15.6. The third-order valence-electron chi connectivity index (χ3n) is 10.8. The summed E-state index contributed by atoms with van der Waals surface area (Å²) in [5, 5.41) is 7.76. The lowest BCUT2D eigenvalue weighted by atomic mass is 10.0. The molecule has 0 spiro atoms. The number of fused-ring (bicyclic) bond motifs is 2. The lowest BCUT2D eigenvalue weighted by molar-refractivity contribution is -0.133. The second kappa shape index (κ2) is 19.2. The summed E-state index contributed by atoms with van der Waals surface area (Å²) in [6.45, 7) is 7.28. The van der Waals surface area contributed by atoms with Gasteiger partial charge in [-0.25, -0.2) is 0 Å². The lowest BCUT2D eigenvalue weighted by Crippen LogP contribution is -2.52. The number of ether oxygens (including phenoxy) is 1. The van der Waals surface area contributed by atoms with E-state index in [1.165, 1.54) is 15.9 Å². The van der Waals surface area contributed by atoms with E-state index >= 15 is 0 Å². The number of halogens is 1. The number of nitrogens with one attached hydrogen (secondary N) is 3. The van der Waals surface area contributed by atoms with Crippen molar-refractivity contribution >= 4 is 63.1 Å². The summed E-state index contributed by atoms with van der Waals surface area (Å²) in [7, 11) is 2.02. The van der Waals surface area contributed by atoms with E-state index in [9.17, 15) is 19.2 Å². The topological polar surface area (TPSA) is 155 Å². The molecule has 4 amide bonds. The minimum absolute atomic E-state index is 0.0196. The van der Waals surface area contributed by atoms with Gasteiger partial charge in [0.25, 0.3) is 11.9 Å². The first kappa shape index (κ1) is 41.8. The Bertz CT molecular complexity index is 2540. The molecule has 4 heterocycles. The van der Waals surface area contributed by atoms with E-state index in [-0.39, 0.29) is 36.6 Å². The Hall–Kier alpha value is -6.34. The van der Waals surface area contributed by atoms with Crippen LogP contribution in [0.3, 0.4) is 0 Å². The van der Waals surface area contributed by atoms with Crippen molar-refractivity contribution in [2.24, 2.45) is 7.05 Å². The van der Waals surface area contributed by atoms with Crippen LogP contribution < -0.4 is 20.3 Å². The van der Waals surface area contributed by atoms with Crippen LogP contribution in [0.2, 0.25) is 5.02 Å². The summed E-state index contributed by atoms with van der Waals surface area (Å²) in [5.74, 6) is 0.868. The van der Waals surface area contributed by atoms with Crippen molar-refractivity contribution in [3.8, 4) is 22.9 Å². The fourth-order valence-electron chi connectivity index (χ4n) is 7.42. The number of aromatic nitrogens is 3. The lowest BCUT2D eigenvalue weighted by Gasteiger charge is -2.32. The van der Waals surface area contributed by atoms with Gasteiger partial charge < -0.3 is 34.2 Å². The van der Waals surface area contributed by atoms with Gasteiger partial charge in [-0.15, -0.1) is 0 Å². The Balaban J connectivity index is 0.771. The van der Waals surface area contributed by atoms with E-state index in [0.29, 0.717) is 66.6 Å². The highest BCUT2D eigenvalue weighted by atomic mass is 35.5. The Labute approximate surface area is 353 Å². The van der Waals surface area contributed by atoms with Crippen LogP contribution in [-0.2, 0) is 27.9 Å². The van der Waals surface area contributed by atoms with Crippen molar-refractivity contribution in [1.29, 1.82) is 0 Å². The van der Waals surface area contributed by atoms with Gasteiger partial charge in [-0.2, -0.15) is 4.98 Å². The standard InChI is InChI=1S/C46H50ClN7O6/c1-4-42(56)53-23-24-54(43(57)29-53)44-18-15-33(59-44)14-17-41(55)48-20-9-7-5-6-8-10-21-49-45(58)35-26-34(13-11-30(35)2)60-46-50-38-27-36(37(47)28-39(38)51-46)31-12-16-40-32(25-31)19-22-52(40)3/h4,11-13,15-16,18-19,22,25-28H,1,5-10,14,17,20-21,23-24,29H2,2-3H3,(H,48,55)(H,49,58)(H,50,51). The Morgan fingerprint density at radius 1 is 0.950 bits per heavy atom. The summed E-state index contributed by atoms with van der Waals surface area (Å²) in [4.78, 5) is 60.7. The van der Waals surface area contributed by atoms with E-state index in [4.69, 9.17) is 20.8 Å². The molecule has 1 saturated heterocycles. The van der Waals surface area contributed by atoms with Crippen LogP contribution in [-0.4, -0.2) is 75.8 Å². The van der Waals surface area contributed by atoms with Crippen LogP contribution in [0.5, 0.6) is 11.8 Å². The van der Waals surface area contributed by atoms with Gasteiger partial charge in [-0.05, 0) is 85.5 Å². The van der Waals surface area contributed by atoms with Crippen LogP contribution in [0.25, 0.3) is 33.1 Å². The molecule has 0 atom stereocenters. The molecular formula is C46H50ClN7O6. The number of amides is 4. The van der Waals surface area contributed by atoms with Crippen molar-refractivity contribution in [2.45, 2.75) is 58.3 Å². The molecule has 0 aliphatic carbocycles. The molecule has 0 bridgehead atoms. The van der Waals surface area contributed by atoms with Crippen molar-refractivity contribution in [2.75, 3.05) is 37.6 Å². The summed E-state index contributed by atoms with van der Waals surface area (Å²) in [5.41, 5.74) is 5.89. The highest BCUT2D eigenvalue weighted by molar-refractivity contribution is 6.34. The molecule has 0 radical (unpaired) electrons. The number of hydrogen-bond acceptors (Lipinski definition) is 7. The van der Waals surface area contributed by atoms with Gasteiger partial charge >= 0.3 is 0 Å². The Kier molecular flexibility index (Phi) is 13.3. The van der Waals surface area contributed by atoms with E-state index in [1.54, 1.807) is 18.2 Å². The number of furan rings is 1. The van der Waals surface area contributed by atoms with Gasteiger partial charge in [0.15, 0.2) is 0 Å². The number of hydrogen-bond donors (Lipinski definition) is 3. The smallest absolute Gasteiger partial charge is 0.300 e. The van der Waals surface area contributed by atoms with Gasteiger partial charge in [0, 0.05) is 80.4 Å². The largest absolute Gasteiger partial charge is 0.445 e. The fraction of sp³-hybridized carbons (Fsp3) is 0.326. The number of unbranched alkanes of at least 4 members (excludes halogenated alkanes) is 5. The van der Waals surface area contributed by atoms with E-state index in [0.717, 1.165) is 77.2 Å². The van der Waals surface area contributed by atoms with Crippen LogP contribution >= 0.6 is 11.6 Å². The maximum Gasteiger partial charge on any atom is 0.300 e. The zero-order chi connectivity index (χ0) is 42.2. The number of imidazole rings is 1. The number of carbonyl (C=O) groups is 4. The third-order valence-corrected chi connectivity index (χ3v) is 11.2. The monoisotopic (exact) mass is 831 g/mol. The van der Waals surface area contributed by atoms with Crippen molar-refractivity contribution in [1.82, 2.24) is 30.1 Å². The van der Waals surface area contributed by atoms with Crippen LogP contribution in [0.1, 0.15) is 66.6 Å². The first-order valence-electron chi connectivity index (χ1n) is 20.4. The van der Waals surface area contributed by atoms with Crippen molar-refractivity contribution < 1.29 is 28.3 Å². The highest BCUT2D eigenvalue weighted by Crippen LogP contribution is 2.35. The molecule has 1 fully saturated rings. The zero-order valence-electron chi connectivity index (χ0n) is 34.0. The molecule has 0 saturated carbocycles. The number of aryl methyl sites for hydroxylation is 3. The molecule has 60 heavy (non-hydrogen) atoms. The fourth-order valence-corrected chi connectivity index (χ4v) is 7.70. The maximum atomic E-state index is 13.1. The molecule has 3 aromatic carbocycles. The quantitative estimate of drug-likeness (QED) is 0.0582. The summed E-state index contributed by atoms with van der Waals surface area (Å²) in [6.07, 6.45) is 9.80. The minimum atomic E-state index is -0.269. The molecule has 312 valence electrons. The van der Waals surface area contributed by atoms with Gasteiger partial charge in [-0.1, -0.05) is 56.0 Å². The normalized spacial score (nSPS) is 12.9. The number of aromatic amines is 1. The Morgan fingerprint density at radius 3 is 2.52 bits per heavy atom. The minimum Gasteiger partial charge on any atom is -0.445 e. The molecule has 1 aliphatic heterocycles. The SMILES string of the molecule is C=CC(=O)N1CCN(c2ccc(CCC(=O)NCCCCCCCCNC(=O)c3cc(Oc4nc5cc(-c6ccc7c(ccn7C)c6)c(Cl)cc5[nH]4)ccc3C)o2)C(=O)C1. The number of piperazine rings is 1. The molecule has 6 aromatic rings. The molecule has 13 nitrogen and oxygen atoms in total. The first-order chi connectivity index (χ1) is 29.1. The average Bonchev–Trinajstić information content (AvgIpc) is 3.98. The molecule has 0 unspecified atom stereocenters. The number of benzene rings is 3. The summed E-state index contributed by atoms with van der Waals surface area (Å²) < 4.78 is 14.0.